The topological polar surface area (TPSA) is 27.6 Å². The first kappa shape index (κ1) is 14.4. The molecule has 1 saturated carbocycles. The van der Waals surface area contributed by atoms with Crippen molar-refractivity contribution >= 4 is 5.96 Å². The summed E-state index contributed by atoms with van der Waals surface area (Å²) in [6.07, 6.45) is 6.75. The average molecular weight is 285 g/mol. The largest absolute Gasteiger partial charge is 0.356 e. The van der Waals surface area contributed by atoms with Crippen molar-refractivity contribution in [1.29, 1.82) is 0 Å². The highest BCUT2D eigenvalue weighted by molar-refractivity contribution is 5.80. The molecule has 2 unspecified atom stereocenters. The summed E-state index contributed by atoms with van der Waals surface area (Å²) in [5.41, 5.74) is 1.38. The zero-order valence-electron chi connectivity index (χ0n) is 13.1. The Morgan fingerprint density at radius 3 is 2.43 bits per heavy atom. The van der Waals surface area contributed by atoms with Gasteiger partial charge in [0.1, 0.15) is 0 Å². The molecule has 114 valence electrons. The first-order valence-corrected chi connectivity index (χ1v) is 8.36. The Hall–Kier alpha value is -1.51. The standard InChI is InChI=1S/C18H27N3/c1-19-18(20-12-11-15-7-3-2-4-8-15)21-13-16-9-5-6-10-17(16)14-21/h2-4,7-8,16-17H,5-6,9-14H2,1H3,(H,19,20). The molecular weight excluding hydrogens is 258 g/mol. The number of rotatable bonds is 3. The lowest BCUT2D eigenvalue weighted by Gasteiger charge is -2.22. The molecule has 0 radical (unpaired) electrons. The summed E-state index contributed by atoms with van der Waals surface area (Å²) < 4.78 is 0. The molecule has 2 aliphatic rings. The van der Waals surface area contributed by atoms with E-state index in [0.717, 1.165) is 30.8 Å². The summed E-state index contributed by atoms with van der Waals surface area (Å²) >= 11 is 0. The van der Waals surface area contributed by atoms with E-state index in [-0.39, 0.29) is 0 Å². The second kappa shape index (κ2) is 6.97. The van der Waals surface area contributed by atoms with E-state index < -0.39 is 0 Å². The molecule has 1 aromatic rings. The number of hydrogen-bond acceptors (Lipinski definition) is 1. The predicted molar refractivity (Wildman–Crippen MR) is 88.5 cm³/mol. The monoisotopic (exact) mass is 285 g/mol. The number of aliphatic imine (C=N–C) groups is 1. The van der Waals surface area contributed by atoms with Gasteiger partial charge in [-0.2, -0.15) is 0 Å². The number of likely N-dealkylation sites (tertiary alicyclic amines) is 1. The van der Waals surface area contributed by atoms with E-state index in [0.29, 0.717) is 0 Å². The summed E-state index contributed by atoms with van der Waals surface area (Å²) in [5.74, 6) is 2.91. The lowest BCUT2D eigenvalue weighted by Crippen LogP contribution is -2.41. The molecule has 2 atom stereocenters. The molecule has 3 nitrogen and oxygen atoms in total. The van der Waals surface area contributed by atoms with E-state index in [4.69, 9.17) is 0 Å². The van der Waals surface area contributed by atoms with Gasteiger partial charge in [-0.05, 0) is 36.7 Å². The number of nitrogens with one attached hydrogen (secondary N) is 1. The molecule has 1 saturated heterocycles. The van der Waals surface area contributed by atoms with Crippen molar-refractivity contribution in [2.24, 2.45) is 16.8 Å². The molecule has 0 aromatic heterocycles. The normalized spacial score (nSPS) is 25.8. The third-order valence-electron chi connectivity index (χ3n) is 5.03. The summed E-state index contributed by atoms with van der Waals surface area (Å²) in [6.45, 7) is 3.37. The van der Waals surface area contributed by atoms with Crippen LogP contribution in [0.1, 0.15) is 31.2 Å². The van der Waals surface area contributed by atoms with Crippen LogP contribution in [-0.4, -0.2) is 37.5 Å². The van der Waals surface area contributed by atoms with Gasteiger partial charge in [0.05, 0.1) is 0 Å². The van der Waals surface area contributed by atoms with E-state index in [9.17, 15) is 0 Å². The average Bonchev–Trinajstić information content (AvgIpc) is 2.96. The molecule has 0 spiro atoms. The SMILES string of the molecule is CN=C(NCCc1ccccc1)N1CC2CCCCC2C1. The third-order valence-corrected chi connectivity index (χ3v) is 5.03. The zero-order chi connectivity index (χ0) is 14.5. The fourth-order valence-corrected chi connectivity index (χ4v) is 3.87. The third kappa shape index (κ3) is 3.58. The maximum Gasteiger partial charge on any atom is 0.193 e. The van der Waals surface area contributed by atoms with Crippen LogP contribution in [0.3, 0.4) is 0 Å². The van der Waals surface area contributed by atoms with Gasteiger partial charge in [0, 0.05) is 26.7 Å². The van der Waals surface area contributed by atoms with Gasteiger partial charge >= 0.3 is 0 Å². The number of fused-ring (bicyclic) bond motifs is 1. The van der Waals surface area contributed by atoms with Gasteiger partial charge in [-0.25, -0.2) is 0 Å². The molecule has 21 heavy (non-hydrogen) atoms. The second-order valence-electron chi connectivity index (χ2n) is 6.42. The van der Waals surface area contributed by atoms with Crippen molar-refractivity contribution in [2.75, 3.05) is 26.7 Å². The highest BCUT2D eigenvalue weighted by Gasteiger charge is 2.35. The van der Waals surface area contributed by atoms with Crippen LogP contribution in [0.15, 0.2) is 35.3 Å². The Morgan fingerprint density at radius 2 is 1.81 bits per heavy atom. The van der Waals surface area contributed by atoms with Crippen LogP contribution in [0.4, 0.5) is 0 Å². The molecular formula is C18H27N3. The van der Waals surface area contributed by atoms with E-state index in [1.165, 1.54) is 44.3 Å². The van der Waals surface area contributed by atoms with Gasteiger partial charge in [0.25, 0.3) is 0 Å². The summed E-state index contributed by atoms with van der Waals surface area (Å²) in [7, 11) is 1.91. The van der Waals surface area contributed by atoms with Gasteiger partial charge in [-0.3, -0.25) is 4.99 Å². The molecule has 0 amide bonds. The van der Waals surface area contributed by atoms with Crippen LogP contribution in [0.25, 0.3) is 0 Å². The molecule has 3 rings (SSSR count). The Bertz CT molecular complexity index is 455. The molecule has 1 N–H and O–H groups in total. The minimum atomic E-state index is 0.909. The first-order valence-electron chi connectivity index (χ1n) is 8.36. The molecule has 2 fully saturated rings. The zero-order valence-corrected chi connectivity index (χ0v) is 13.1. The number of benzene rings is 1. The Kier molecular flexibility index (Phi) is 4.79. The van der Waals surface area contributed by atoms with Gasteiger partial charge in [0.15, 0.2) is 5.96 Å². The van der Waals surface area contributed by atoms with Crippen molar-refractivity contribution in [3.8, 4) is 0 Å². The van der Waals surface area contributed by atoms with Crippen LogP contribution >= 0.6 is 0 Å². The molecule has 1 aliphatic carbocycles. The van der Waals surface area contributed by atoms with Gasteiger partial charge in [-0.1, -0.05) is 43.2 Å². The van der Waals surface area contributed by atoms with Crippen LogP contribution in [-0.2, 0) is 6.42 Å². The second-order valence-corrected chi connectivity index (χ2v) is 6.42. The van der Waals surface area contributed by atoms with Crippen molar-refractivity contribution < 1.29 is 0 Å². The van der Waals surface area contributed by atoms with Gasteiger partial charge < -0.3 is 10.2 Å². The minimum Gasteiger partial charge on any atom is -0.356 e. The van der Waals surface area contributed by atoms with Gasteiger partial charge in [-0.15, -0.1) is 0 Å². The molecule has 1 aromatic carbocycles. The number of nitrogens with zero attached hydrogens (tertiary/aromatic N) is 2. The first-order chi connectivity index (χ1) is 10.4. The summed E-state index contributed by atoms with van der Waals surface area (Å²) in [5, 5.41) is 3.55. The molecule has 3 heteroatoms. The van der Waals surface area contributed by atoms with Crippen LogP contribution in [0, 0.1) is 11.8 Å². The fourth-order valence-electron chi connectivity index (χ4n) is 3.87. The molecule has 1 heterocycles. The van der Waals surface area contributed by atoms with E-state index in [1.54, 1.807) is 0 Å². The smallest absolute Gasteiger partial charge is 0.193 e. The quantitative estimate of drug-likeness (QED) is 0.683. The highest BCUT2D eigenvalue weighted by atomic mass is 15.3. The Labute approximate surface area is 128 Å². The maximum absolute atomic E-state index is 4.49. The van der Waals surface area contributed by atoms with Crippen molar-refractivity contribution in [3.63, 3.8) is 0 Å². The van der Waals surface area contributed by atoms with E-state index in [1.807, 2.05) is 7.05 Å². The maximum atomic E-state index is 4.49. The lowest BCUT2D eigenvalue weighted by molar-refractivity contribution is 0.299. The van der Waals surface area contributed by atoms with Gasteiger partial charge in [0.2, 0.25) is 0 Å². The molecule has 0 bridgehead atoms. The minimum absolute atomic E-state index is 0.909. The lowest BCUT2D eigenvalue weighted by atomic mass is 9.82. The Morgan fingerprint density at radius 1 is 1.14 bits per heavy atom. The highest BCUT2D eigenvalue weighted by Crippen LogP contribution is 2.35. The van der Waals surface area contributed by atoms with E-state index in [2.05, 4.69) is 45.5 Å². The van der Waals surface area contributed by atoms with Crippen molar-refractivity contribution in [3.05, 3.63) is 35.9 Å². The molecule has 1 aliphatic heterocycles. The van der Waals surface area contributed by atoms with Crippen molar-refractivity contribution in [2.45, 2.75) is 32.1 Å². The van der Waals surface area contributed by atoms with Crippen LogP contribution in [0.5, 0.6) is 0 Å². The van der Waals surface area contributed by atoms with E-state index >= 15 is 0 Å². The fraction of sp³-hybridized carbons (Fsp3) is 0.611. The van der Waals surface area contributed by atoms with Crippen molar-refractivity contribution in [1.82, 2.24) is 10.2 Å². The summed E-state index contributed by atoms with van der Waals surface area (Å²) in [4.78, 5) is 6.97. The number of guanidine groups is 1. The Balaban J connectivity index is 1.49. The number of hydrogen-bond donors (Lipinski definition) is 1. The predicted octanol–water partition coefficient (Wildman–Crippen LogP) is 2.93. The summed E-state index contributed by atoms with van der Waals surface area (Å²) in [6, 6.07) is 10.7. The van der Waals surface area contributed by atoms with Crippen LogP contribution in [0.2, 0.25) is 0 Å². The van der Waals surface area contributed by atoms with Crippen LogP contribution < -0.4 is 5.32 Å².